The Hall–Kier alpha value is -1.35. The fourth-order valence-corrected chi connectivity index (χ4v) is 2.13. The number of hydrazone groups is 1. The molecule has 0 saturated carbocycles. The second-order valence-electron chi connectivity index (χ2n) is 6.37. The molecule has 0 bridgehead atoms. The van der Waals surface area contributed by atoms with Crippen molar-refractivity contribution >= 4 is 6.21 Å². The van der Waals surface area contributed by atoms with Crippen LogP contribution in [0.1, 0.15) is 31.9 Å². The maximum absolute atomic E-state index is 4.56. The van der Waals surface area contributed by atoms with E-state index in [0.717, 1.165) is 26.2 Å². The minimum Gasteiger partial charge on any atom is -0.303 e. The van der Waals surface area contributed by atoms with Crippen molar-refractivity contribution in [1.29, 1.82) is 0 Å². The van der Waals surface area contributed by atoms with E-state index in [9.17, 15) is 0 Å². The smallest absolute Gasteiger partial charge is 0.0542 e. The van der Waals surface area contributed by atoms with Crippen molar-refractivity contribution in [2.24, 2.45) is 5.10 Å². The summed E-state index contributed by atoms with van der Waals surface area (Å²) >= 11 is 0. The van der Waals surface area contributed by atoms with Gasteiger partial charge in [0, 0.05) is 26.2 Å². The first-order chi connectivity index (χ1) is 8.95. The van der Waals surface area contributed by atoms with Gasteiger partial charge in [-0.15, -0.1) is 0 Å². The molecule has 1 fully saturated rings. The number of rotatable bonds is 2. The Morgan fingerprint density at radius 2 is 1.58 bits per heavy atom. The lowest BCUT2D eigenvalue weighted by Gasteiger charge is -2.30. The van der Waals surface area contributed by atoms with Gasteiger partial charge in [-0.05, 0) is 23.6 Å². The Morgan fingerprint density at radius 1 is 1.00 bits per heavy atom. The van der Waals surface area contributed by atoms with Gasteiger partial charge >= 0.3 is 0 Å². The molecule has 1 heterocycles. The van der Waals surface area contributed by atoms with E-state index >= 15 is 0 Å². The predicted octanol–water partition coefficient (Wildman–Crippen LogP) is 2.57. The summed E-state index contributed by atoms with van der Waals surface area (Å²) in [7, 11) is 2.16. The maximum atomic E-state index is 4.56. The van der Waals surface area contributed by atoms with E-state index in [2.05, 4.69) is 67.1 Å². The second-order valence-corrected chi connectivity index (χ2v) is 6.37. The van der Waals surface area contributed by atoms with E-state index in [0.29, 0.717) is 0 Å². The molecule has 0 unspecified atom stereocenters. The quantitative estimate of drug-likeness (QED) is 0.760. The number of benzene rings is 1. The van der Waals surface area contributed by atoms with E-state index in [1.165, 1.54) is 11.1 Å². The van der Waals surface area contributed by atoms with E-state index in [4.69, 9.17) is 0 Å². The lowest BCUT2D eigenvalue weighted by molar-refractivity contribution is 0.159. The highest BCUT2D eigenvalue weighted by Gasteiger charge is 2.13. The summed E-state index contributed by atoms with van der Waals surface area (Å²) in [5.74, 6) is 0. The zero-order chi connectivity index (χ0) is 13.9. The molecule has 0 amide bonds. The topological polar surface area (TPSA) is 18.8 Å². The SMILES string of the molecule is CN1CCN(/N=C\c2ccc(C(C)(C)C)cc2)CC1. The molecule has 1 aliphatic heterocycles. The molecule has 0 aliphatic carbocycles. The number of hydrogen-bond acceptors (Lipinski definition) is 3. The molecule has 0 spiro atoms. The molecule has 0 N–H and O–H groups in total. The Morgan fingerprint density at radius 3 is 2.11 bits per heavy atom. The fourth-order valence-electron chi connectivity index (χ4n) is 2.13. The second kappa shape index (κ2) is 5.74. The largest absolute Gasteiger partial charge is 0.303 e. The summed E-state index contributed by atoms with van der Waals surface area (Å²) in [6.07, 6.45) is 1.97. The van der Waals surface area contributed by atoms with Crippen molar-refractivity contribution in [3.63, 3.8) is 0 Å². The van der Waals surface area contributed by atoms with Crippen LogP contribution in [0, 0.1) is 0 Å². The highest BCUT2D eigenvalue weighted by Crippen LogP contribution is 2.21. The molecular formula is C16H25N3. The average molecular weight is 259 g/mol. The van der Waals surface area contributed by atoms with E-state index in [1.807, 2.05) is 6.21 Å². The van der Waals surface area contributed by atoms with Gasteiger partial charge in [0.25, 0.3) is 0 Å². The first kappa shape index (κ1) is 14.1. The molecule has 19 heavy (non-hydrogen) atoms. The Bertz CT molecular complexity index is 420. The van der Waals surface area contributed by atoms with Gasteiger partial charge in [0.1, 0.15) is 0 Å². The van der Waals surface area contributed by atoms with Crippen LogP contribution in [0.3, 0.4) is 0 Å². The zero-order valence-electron chi connectivity index (χ0n) is 12.6. The van der Waals surface area contributed by atoms with Gasteiger partial charge in [0.05, 0.1) is 6.21 Å². The van der Waals surface area contributed by atoms with E-state index < -0.39 is 0 Å². The number of nitrogens with zero attached hydrogens (tertiary/aromatic N) is 3. The van der Waals surface area contributed by atoms with Gasteiger partial charge < -0.3 is 4.90 Å². The summed E-state index contributed by atoms with van der Waals surface area (Å²) in [5.41, 5.74) is 2.75. The Labute approximate surface area is 116 Å². The van der Waals surface area contributed by atoms with Gasteiger partial charge in [0.2, 0.25) is 0 Å². The molecule has 0 radical (unpaired) electrons. The number of piperazine rings is 1. The van der Waals surface area contributed by atoms with Crippen LogP contribution in [0.2, 0.25) is 0 Å². The minimum atomic E-state index is 0.215. The molecule has 104 valence electrons. The van der Waals surface area contributed by atoms with Gasteiger partial charge in [0.15, 0.2) is 0 Å². The molecule has 1 saturated heterocycles. The molecule has 1 aromatic carbocycles. The zero-order valence-corrected chi connectivity index (χ0v) is 12.6. The lowest BCUT2D eigenvalue weighted by Crippen LogP contribution is -2.41. The van der Waals surface area contributed by atoms with E-state index in [1.54, 1.807) is 0 Å². The third kappa shape index (κ3) is 4.06. The lowest BCUT2D eigenvalue weighted by atomic mass is 9.87. The van der Waals surface area contributed by atoms with Crippen LogP contribution in [0.25, 0.3) is 0 Å². The molecule has 3 nitrogen and oxygen atoms in total. The molecule has 3 heteroatoms. The normalized spacial score (nSPS) is 18.2. The third-order valence-corrected chi connectivity index (χ3v) is 3.63. The van der Waals surface area contributed by atoms with Crippen molar-refractivity contribution in [3.05, 3.63) is 35.4 Å². The fraction of sp³-hybridized carbons (Fsp3) is 0.562. The minimum absolute atomic E-state index is 0.215. The van der Waals surface area contributed by atoms with E-state index in [-0.39, 0.29) is 5.41 Å². The van der Waals surface area contributed by atoms with Gasteiger partial charge in [-0.25, -0.2) is 0 Å². The van der Waals surface area contributed by atoms with Crippen LogP contribution in [-0.2, 0) is 5.41 Å². The van der Waals surface area contributed by atoms with Crippen molar-refractivity contribution in [1.82, 2.24) is 9.91 Å². The van der Waals surface area contributed by atoms with Crippen LogP contribution >= 0.6 is 0 Å². The number of hydrogen-bond donors (Lipinski definition) is 0. The van der Waals surface area contributed by atoms with Gasteiger partial charge in [-0.2, -0.15) is 5.10 Å². The van der Waals surface area contributed by atoms with Crippen molar-refractivity contribution in [2.75, 3.05) is 33.2 Å². The van der Waals surface area contributed by atoms with Crippen LogP contribution in [0.5, 0.6) is 0 Å². The summed E-state index contributed by atoms with van der Waals surface area (Å²) in [5, 5.41) is 6.71. The standard InChI is InChI=1S/C16H25N3/c1-16(2,3)15-7-5-14(6-8-15)13-17-19-11-9-18(4)10-12-19/h5-8,13H,9-12H2,1-4H3/b17-13-. The van der Waals surface area contributed by atoms with Crippen LogP contribution in [-0.4, -0.2) is 49.4 Å². The first-order valence-corrected chi connectivity index (χ1v) is 7.03. The molecule has 1 aliphatic rings. The average Bonchev–Trinajstić information content (AvgIpc) is 2.37. The first-order valence-electron chi connectivity index (χ1n) is 7.03. The monoisotopic (exact) mass is 259 g/mol. The summed E-state index contributed by atoms with van der Waals surface area (Å²) in [6, 6.07) is 8.71. The predicted molar refractivity (Wildman–Crippen MR) is 81.8 cm³/mol. The summed E-state index contributed by atoms with van der Waals surface area (Å²) in [4.78, 5) is 2.34. The van der Waals surface area contributed by atoms with Crippen LogP contribution in [0.15, 0.2) is 29.4 Å². The third-order valence-electron chi connectivity index (χ3n) is 3.63. The Kier molecular flexibility index (Phi) is 4.25. The summed E-state index contributed by atoms with van der Waals surface area (Å²) in [6.45, 7) is 10.9. The highest BCUT2D eigenvalue weighted by atomic mass is 15.5. The van der Waals surface area contributed by atoms with Gasteiger partial charge in [-0.1, -0.05) is 45.0 Å². The van der Waals surface area contributed by atoms with Gasteiger partial charge in [-0.3, -0.25) is 5.01 Å². The number of likely N-dealkylation sites (N-methyl/N-ethyl adjacent to an activating group) is 1. The molecule has 0 atom stereocenters. The molecular weight excluding hydrogens is 234 g/mol. The van der Waals surface area contributed by atoms with Crippen molar-refractivity contribution in [3.8, 4) is 0 Å². The molecule has 0 aromatic heterocycles. The molecule has 1 aromatic rings. The van der Waals surface area contributed by atoms with Crippen molar-refractivity contribution in [2.45, 2.75) is 26.2 Å². The molecule has 2 rings (SSSR count). The Balaban J connectivity index is 1.96. The summed E-state index contributed by atoms with van der Waals surface area (Å²) < 4.78 is 0. The maximum Gasteiger partial charge on any atom is 0.0542 e. The van der Waals surface area contributed by atoms with Crippen LogP contribution < -0.4 is 0 Å². The van der Waals surface area contributed by atoms with Crippen molar-refractivity contribution < 1.29 is 0 Å². The highest BCUT2D eigenvalue weighted by molar-refractivity contribution is 5.79. The van der Waals surface area contributed by atoms with Crippen LogP contribution in [0.4, 0.5) is 0 Å².